The van der Waals surface area contributed by atoms with E-state index in [0.29, 0.717) is 34.4 Å². The summed E-state index contributed by atoms with van der Waals surface area (Å²) in [5.74, 6) is -3.32. The highest BCUT2D eigenvalue weighted by Gasteiger charge is 2.27. The average molecular weight is 838 g/mol. The van der Waals surface area contributed by atoms with Crippen LogP contribution in [0.3, 0.4) is 0 Å². The summed E-state index contributed by atoms with van der Waals surface area (Å²) in [5, 5.41) is 29.1. The van der Waals surface area contributed by atoms with Crippen LogP contribution in [0.5, 0.6) is 17.2 Å². The number of phenols is 1. The number of ether oxygens (including phenoxy) is 2. The quantitative estimate of drug-likeness (QED) is 0.0378. The summed E-state index contributed by atoms with van der Waals surface area (Å²) in [6.45, 7) is 7.01. The van der Waals surface area contributed by atoms with Gasteiger partial charge < -0.3 is 45.2 Å². The lowest BCUT2D eigenvalue weighted by Gasteiger charge is -2.21. The van der Waals surface area contributed by atoms with Crippen molar-refractivity contribution in [2.24, 2.45) is 7.05 Å². The molecule has 16 heteroatoms. The minimum Gasteiger partial charge on any atom is -0.508 e. The van der Waals surface area contributed by atoms with Gasteiger partial charge in [-0.05, 0) is 98.8 Å². The highest BCUT2D eigenvalue weighted by atomic mass is 19.1. The SMILES string of the molecule is C=CCOc1c(C(=O)Nc2ccc(O)cc2)ccc(C(=O)Nc2ccc(NC(=O)C(CC=O)NC(=O)c3ccc(-c4nc5ccc(C#N)cc5n4C)cc3)cc2F)c1OC(C)C. The van der Waals surface area contributed by atoms with Gasteiger partial charge in [0, 0.05) is 36.0 Å². The molecule has 15 nitrogen and oxygen atoms in total. The summed E-state index contributed by atoms with van der Waals surface area (Å²) in [4.78, 5) is 69.8. The van der Waals surface area contributed by atoms with Gasteiger partial charge in [-0.3, -0.25) is 19.2 Å². The average Bonchev–Trinajstić information content (AvgIpc) is 3.59. The number of fused-ring (bicyclic) bond motifs is 1. The van der Waals surface area contributed by atoms with Crippen LogP contribution in [0.1, 0.15) is 56.9 Å². The number of aromatic nitrogens is 2. The van der Waals surface area contributed by atoms with Crippen LogP contribution in [0.4, 0.5) is 21.5 Å². The predicted molar refractivity (Wildman–Crippen MR) is 230 cm³/mol. The smallest absolute Gasteiger partial charge is 0.259 e. The molecule has 0 fully saturated rings. The summed E-state index contributed by atoms with van der Waals surface area (Å²) in [7, 11) is 1.81. The molecule has 0 saturated carbocycles. The van der Waals surface area contributed by atoms with Gasteiger partial charge in [-0.25, -0.2) is 9.37 Å². The third-order valence-corrected chi connectivity index (χ3v) is 9.28. The largest absolute Gasteiger partial charge is 0.508 e. The van der Waals surface area contributed by atoms with Crippen molar-refractivity contribution in [1.29, 1.82) is 5.26 Å². The molecule has 0 aliphatic rings. The number of anilines is 3. The lowest BCUT2D eigenvalue weighted by atomic mass is 10.1. The first kappa shape index (κ1) is 43.3. The first-order chi connectivity index (χ1) is 29.8. The molecule has 5 aromatic carbocycles. The Bertz CT molecular complexity index is 2740. The lowest BCUT2D eigenvalue weighted by Crippen LogP contribution is -2.44. The predicted octanol–water partition coefficient (Wildman–Crippen LogP) is 7.14. The maximum Gasteiger partial charge on any atom is 0.259 e. The van der Waals surface area contributed by atoms with E-state index in [9.17, 15) is 34.3 Å². The summed E-state index contributed by atoms with van der Waals surface area (Å²) in [5.41, 5.74) is 2.86. The highest BCUT2D eigenvalue weighted by Crippen LogP contribution is 2.38. The molecule has 0 aliphatic carbocycles. The standard InChI is InChI=1S/C46H40FN7O8/c1-5-22-61-40-33(44(58)49-30-11-14-32(56)15-12-30)16-17-34(41(40)62-26(2)3)45(59)52-36-19-13-31(24-35(36)47)50-46(60)38(20-21-55)53-43(57)29-9-7-28(8-10-29)42-51-37-18-6-27(25-48)23-39(37)54(42)4/h5-19,21,23-24,26,38,56H,1,20,22H2,2-4H3,(H,49,58)(H,50,60)(H,52,59)(H,53,57). The fourth-order valence-electron chi connectivity index (χ4n) is 6.27. The van der Waals surface area contributed by atoms with E-state index in [-0.39, 0.29) is 58.3 Å². The zero-order valence-electron chi connectivity index (χ0n) is 33.7. The van der Waals surface area contributed by atoms with E-state index in [2.05, 4.69) is 38.9 Å². The minimum absolute atomic E-state index is 0.00968. The fraction of sp³-hybridized carbons (Fsp3) is 0.152. The molecular weight excluding hydrogens is 798 g/mol. The topological polar surface area (TPSA) is 214 Å². The lowest BCUT2D eigenvalue weighted by molar-refractivity contribution is -0.120. The number of nitriles is 1. The van der Waals surface area contributed by atoms with Crippen LogP contribution in [0.15, 0.2) is 110 Å². The number of aldehydes is 1. The molecule has 1 heterocycles. The van der Waals surface area contributed by atoms with E-state index in [4.69, 9.17) is 9.47 Å². The van der Waals surface area contributed by atoms with Crippen molar-refractivity contribution in [3.63, 3.8) is 0 Å². The Labute approximate surface area is 354 Å². The second-order valence-corrected chi connectivity index (χ2v) is 14.0. The number of nitrogens with one attached hydrogen (secondary N) is 4. The molecule has 314 valence electrons. The van der Waals surface area contributed by atoms with E-state index >= 15 is 4.39 Å². The monoisotopic (exact) mass is 837 g/mol. The number of amides is 4. The van der Waals surface area contributed by atoms with Crippen molar-refractivity contribution in [1.82, 2.24) is 14.9 Å². The molecule has 0 spiro atoms. The second kappa shape index (κ2) is 19.2. The number of carbonyl (C=O) groups excluding carboxylic acids is 5. The van der Waals surface area contributed by atoms with Crippen LogP contribution < -0.4 is 30.7 Å². The molecule has 0 radical (unpaired) electrons. The molecule has 62 heavy (non-hydrogen) atoms. The molecule has 0 bridgehead atoms. The Morgan fingerprint density at radius 2 is 1.55 bits per heavy atom. The summed E-state index contributed by atoms with van der Waals surface area (Å²) in [6, 6.07) is 24.4. The molecule has 4 amide bonds. The molecule has 5 N–H and O–H groups in total. The number of hydrogen-bond acceptors (Lipinski definition) is 10. The minimum atomic E-state index is -1.32. The van der Waals surface area contributed by atoms with Crippen molar-refractivity contribution >= 4 is 58.0 Å². The van der Waals surface area contributed by atoms with Crippen molar-refractivity contribution in [2.45, 2.75) is 32.4 Å². The van der Waals surface area contributed by atoms with E-state index in [1.165, 1.54) is 54.6 Å². The number of aryl methyl sites for hydroxylation is 1. The molecule has 0 saturated heterocycles. The molecule has 6 aromatic rings. The Kier molecular flexibility index (Phi) is 13.4. The number of carbonyl (C=O) groups is 5. The van der Waals surface area contributed by atoms with Gasteiger partial charge in [0.2, 0.25) is 5.91 Å². The van der Waals surface area contributed by atoms with Crippen LogP contribution in [0.2, 0.25) is 0 Å². The van der Waals surface area contributed by atoms with Crippen LogP contribution in [0, 0.1) is 17.1 Å². The van der Waals surface area contributed by atoms with Crippen LogP contribution in [0.25, 0.3) is 22.4 Å². The first-order valence-electron chi connectivity index (χ1n) is 19.1. The van der Waals surface area contributed by atoms with Crippen molar-refractivity contribution < 1.29 is 42.9 Å². The number of halogens is 1. The summed E-state index contributed by atoms with van der Waals surface area (Å²) < 4.78 is 29.2. The van der Waals surface area contributed by atoms with Gasteiger partial charge in [0.25, 0.3) is 17.7 Å². The van der Waals surface area contributed by atoms with E-state index < -0.39 is 41.6 Å². The molecule has 1 atom stereocenters. The van der Waals surface area contributed by atoms with E-state index in [1.807, 2.05) is 11.6 Å². The van der Waals surface area contributed by atoms with Crippen molar-refractivity contribution in [3.8, 4) is 34.7 Å². The zero-order chi connectivity index (χ0) is 44.5. The molecule has 1 aromatic heterocycles. The number of aromatic hydroxyl groups is 1. The third kappa shape index (κ3) is 9.92. The zero-order valence-corrected chi connectivity index (χ0v) is 33.7. The maximum absolute atomic E-state index is 15.5. The van der Waals surface area contributed by atoms with Gasteiger partial charge >= 0.3 is 0 Å². The number of nitrogens with zero attached hydrogens (tertiary/aromatic N) is 3. The maximum atomic E-state index is 15.5. The van der Waals surface area contributed by atoms with E-state index in [1.54, 1.807) is 56.3 Å². The highest BCUT2D eigenvalue weighted by molar-refractivity contribution is 6.11. The summed E-state index contributed by atoms with van der Waals surface area (Å²) >= 11 is 0. The Morgan fingerprint density at radius 3 is 2.19 bits per heavy atom. The second-order valence-electron chi connectivity index (χ2n) is 14.0. The van der Waals surface area contributed by atoms with Gasteiger partial charge in [0.15, 0.2) is 11.5 Å². The summed E-state index contributed by atoms with van der Waals surface area (Å²) in [6.07, 6.45) is 1.04. The number of rotatable bonds is 16. The van der Waals surface area contributed by atoms with Gasteiger partial charge in [-0.2, -0.15) is 5.26 Å². The first-order valence-corrected chi connectivity index (χ1v) is 19.1. The normalized spacial score (nSPS) is 11.2. The van der Waals surface area contributed by atoms with E-state index in [0.717, 1.165) is 11.6 Å². The molecule has 0 aliphatic heterocycles. The molecule has 6 rings (SSSR count). The van der Waals surface area contributed by atoms with Gasteiger partial charge in [0.1, 0.15) is 36.3 Å². The Hall–Kier alpha value is -8.32. The molecule has 1 unspecified atom stereocenters. The number of imidazole rings is 1. The molecular formula is C46H40FN7O8. The number of phenolic OH excluding ortho intramolecular Hbond substituents is 1. The van der Waals surface area contributed by atoms with Crippen molar-refractivity contribution in [3.05, 3.63) is 138 Å². The van der Waals surface area contributed by atoms with Crippen LogP contribution in [-0.4, -0.2) is 63.3 Å². The Morgan fingerprint density at radius 1 is 0.871 bits per heavy atom. The van der Waals surface area contributed by atoms with Crippen LogP contribution in [-0.2, 0) is 16.6 Å². The van der Waals surface area contributed by atoms with Gasteiger partial charge in [0.05, 0.1) is 45.6 Å². The van der Waals surface area contributed by atoms with Crippen molar-refractivity contribution in [2.75, 3.05) is 22.6 Å². The number of hydrogen-bond donors (Lipinski definition) is 5. The fourth-order valence-corrected chi connectivity index (χ4v) is 6.27. The van der Waals surface area contributed by atoms with Gasteiger partial charge in [-0.15, -0.1) is 0 Å². The number of benzene rings is 5. The van der Waals surface area contributed by atoms with Gasteiger partial charge in [-0.1, -0.05) is 24.8 Å². The Balaban J connectivity index is 1.14. The third-order valence-electron chi connectivity index (χ3n) is 9.28. The van der Waals surface area contributed by atoms with Crippen LogP contribution >= 0.6 is 0 Å².